The second-order valence-electron chi connectivity index (χ2n) is 4.65. The number of hydrogen-bond acceptors (Lipinski definition) is 7. The van der Waals surface area contributed by atoms with Crippen LogP contribution in [0.1, 0.15) is 28.2 Å². The van der Waals surface area contributed by atoms with E-state index >= 15 is 0 Å². The molecule has 1 fully saturated rings. The van der Waals surface area contributed by atoms with Gasteiger partial charge in [-0.15, -0.1) is 10.2 Å². The van der Waals surface area contributed by atoms with Crippen LogP contribution in [-0.4, -0.2) is 51.1 Å². The molecule has 0 aliphatic carbocycles. The van der Waals surface area contributed by atoms with Gasteiger partial charge in [0.1, 0.15) is 11.9 Å². The van der Waals surface area contributed by atoms with Crippen LogP contribution in [0.3, 0.4) is 0 Å². The lowest BCUT2D eigenvalue weighted by molar-refractivity contribution is -0.0278. The third-order valence-corrected chi connectivity index (χ3v) is 3.10. The lowest BCUT2D eigenvalue weighted by Crippen LogP contribution is -2.42. The number of nitrogens with zero attached hydrogens (tertiary/aromatic N) is 4. The van der Waals surface area contributed by atoms with Crippen molar-refractivity contribution in [1.29, 1.82) is 0 Å². The molecule has 9 nitrogen and oxygen atoms in total. The van der Waals surface area contributed by atoms with E-state index in [0.29, 0.717) is 24.7 Å². The van der Waals surface area contributed by atoms with Crippen LogP contribution < -0.4 is 5.43 Å². The van der Waals surface area contributed by atoms with Crippen molar-refractivity contribution in [3.05, 3.63) is 39.7 Å². The summed E-state index contributed by atoms with van der Waals surface area (Å²) in [6.45, 7) is 2.65. The van der Waals surface area contributed by atoms with Crippen LogP contribution in [0.2, 0.25) is 0 Å². The summed E-state index contributed by atoms with van der Waals surface area (Å²) in [5, 5.41) is 13.5. The first-order valence-corrected chi connectivity index (χ1v) is 6.39. The van der Waals surface area contributed by atoms with Crippen LogP contribution in [0, 0.1) is 6.92 Å². The SMILES string of the molecule is Cc1cc(=O)cc(C(=O)N2CCOC(c3nn[nH]n3)C2)o1. The Morgan fingerprint density at radius 2 is 2.33 bits per heavy atom. The van der Waals surface area contributed by atoms with Crippen molar-refractivity contribution >= 4 is 5.91 Å². The van der Waals surface area contributed by atoms with Crippen LogP contribution in [0.25, 0.3) is 0 Å². The van der Waals surface area contributed by atoms with Crippen molar-refractivity contribution in [3.8, 4) is 0 Å². The molecule has 1 atom stereocenters. The molecule has 3 rings (SSSR count). The van der Waals surface area contributed by atoms with E-state index in [1.54, 1.807) is 11.8 Å². The molecule has 0 aromatic carbocycles. The van der Waals surface area contributed by atoms with Crippen LogP contribution in [0.15, 0.2) is 21.3 Å². The standard InChI is InChI=1S/C12H13N5O4/c1-7-4-8(18)5-9(21-7)12(19)17-2-3-20-10(6-17)11-13-15-16-14-11/h4-5,10H,2-3,6H2,1H3,(H,13,14,15,16). The number of morpholine rings is 1. The Labute approximate surface area is 118 Å². The molecule has 1 N–H and O–H groups in total. The highest BCUT2D eigenvalue weighted by Gasteiger charge is 2.29. The number of rotatable bonds is 2. The fraction of sp³-hybridized carbons (Fsp3) is 0.417. The van der Waals surface area contributed by atoms with Gasteiger partial charge in [0.15, 0.2) is 11.2 Å². The van der Waals surface area contributed by atoms with Gasteiger partial charge in [0.2, 0.25) is 5.82 Å². The summed E-state index contributed by atoms with van der Waals surface area (Å²) < 4.78 is 10.8. The highest BCUT2D eigenvalue weighted by atomic mass is 16.5. The first-order valence-electron chi connectivity index (χ1n) is 6.39. The number of hydrogen-bond donors (Lipinski definition) is 1. The lowest BCUT2D eigenvalue weighted by atomic mass is 10.2. The maximum absolute atomic E-state index is 12.4. The van der Waals surface area contributed by atoms with Gasteiger partial charge >= 0.3 is 0 Å². The predicted octanol–water partition coefficient (Wildman–Crippen LogP) is -0.325. The molecule has 1 aliphatic rings. The molecular formula is C12H13N5O4. The third-order valence-electron chi connectivity index (χ3n) is 3.10. The summed E-state index contributed by atoms with van der Waals surface area (Å²) in [5.41, 5.74) is -0.259. The van der Waals surface area contributed by atoms with Crippen LogP contribution >= 0.6 is 0 Å². The van der Waals surface area contributed by atoms with Gasteiger partial charge in [-0.2, -0.15) is 5.21 Å². The summed E-state index contributed by atoms with van der Waals surface area (Å²) in [5.74, 6) is 0.452. The van der Waals surface area contributed by atoms with Gasteiger partial charge in [-0.3, -0.25) is 9.59 Å². The van der Waals surface area contributed by atoms with E-state index in [4.69, 9.17) is 9.15 Å². The van der Waals surface area contributed by atoms with E-state index in [1.165, 1.54) is 12.1 Å². The van der Waals surface area contributed by atoms with Gasteiger partial charge in [0.05, 0.1) is 13.2 Å². The molecule has 110 valence electrons. The van der Waals surface area contributed by atoms with Gasteiger partial charge < -0.3 is 14.1 Å². The predicted molar refractivity (Wildman–Crippen MR) is 68.5 cm³/mol. The van der Waals surface area contributed by atoms with Gasteiger partial charge in [-0.05, 0) is 6.92 Å². The molecule has 1 amide bonds. The normalized spacial score (nSPS) is 18.7. The number of H-pyrrole nitrogens is 1. The van der Waals surface area contributed by atoms with Crippen LogP contribution in [0.4, 0.5) is 0 Å². The first kappa shape index (κ1) is 13.4. The van der Waals surface area contributed by atoms with Crippen LogP contribution in [0.5, 0.6) is 0 Å². The van der Waals surface area contributed by atoms with Gasteiger partial charge in [-0.1, -0.05) is 5.21 Å². The third kappa shape index (κ3) is 2.82. The zero-order chi connectivity index (χ0) is 14.8. The number of amides is 1. The molecule has 2 aromatic heterocycles. The molecule has 1 unspecified atom stereocenters. The van der Waals surface area contributed by atoms with Gasteiger partial charge in [0, 0.05) is 18.7 Å². The van der Waals surface area contributed by atoms with Crippen LogP contribution in [-0.2, 0) is 4.74 Å². The average Bonchev–Trinajstić information content (AvgIpc) is 3.00. The molecule has 0 bridgehead atoms. The quantitative estimate of drug-likeness (QED) is 0.806. The summed E-state index contributed by atoms with van der Waals surface area (Å²) in [4.78, 5) is 25.4. The number of carbonyl (C=O) groups is 1. The number of aryl methyl sites for hydroxylation is 1. The molecule has 21 heavy (non-hydrogen) atoms. The Hall–Kier alpha value is -2.55. The number of aromatic nitrogens is 4. The van der Waals surface area contributed by atoms with Crippen molar-refractivity contribution in [3.63, 3.8) is 0 Å². The monoisotopic (exact) mass is 291 g/mol. The summed E-state index contributed by atoms with van der Waals surface area (Å²) in [7, 11) is 0. The van der Waals surface area contributed by atoms with Gasteiger partial charge in [0.25, 0.3) is 5.91 Å². The number of ether oxygens (including phenoxy) is 1. The second kappa shape index (κ2) is 5.44. The maximum atomic E-state index is 12.4. The Bertz CT molecular complexity index is 696. The minimum Gasteiger partial charge on any atom is -0.456 e. The first-order chi connectivity index (χ1) is 10.1. The average molecular weight is 291 g/mol. The highest BCUT2D eigenvalue weighted by molar-refractivity contribution is 5.91. The molecule has 1 saturated heterocycles. The minimum absolute atomic E-state index is 0.0220. The van der Waals surface area contributed by atoms with E-state index in [9.17, 15) is 9.59 Å². The molecule has 3 heterocycles. The zero-order valence-electron chi connectivity index (χ0n) is 11.3. The van der Waals surface area contributed by atoms with Crippen molar-refractivity contribution in [2.45, 2.75) is 13.0 Å². The number of tetrazole rings is 1. The van der Waals surface area contributed by atoms with E-state index in [2.05, 4.69) is 20.6 Å². The number of carbonyl (C=O) groups excluding carboxylic acids is 1. The smallest absolute Gasteiger partial charge is 0.289 e. The molecule has 9 heteroatoms. The topological polar surface area (TPSA) is 114 Å². The summed E-state index contributed by atoms with van der Waals surface area (Å²) >= 11 is 0. The second-order valence-corrected chi connectivity index (χ2v) is 4.65. The zero-order valence-corrected chi connectivity index (χ0v) is 11.3. The minimum atomic E-state index is -0.446. The fourth-order valence-electron chi connectivity index (χ4n) is 2.16. The van der Waals surface area contributed by atoms with E-state index < -0.39 is 6.10 Å². The Morgan fingerprint density at radius 3 is 3.05 bits per heavy atom. The molecule has 0 radical (unpaired) electrons. The van der Waals surface area contributed by atoms with E-state index in [0.717, 1.165) is 0 Å². The largest absolute Gasteiger partial charge is 0.456 e. The van der Waals surface area contributed by atoms with E-state index in [-0.39, 0.29) is 23.6 Å². The Kier molecular flexibility index (Phi) is 3.48. The summed E-state index contributed by atoms with van der Waals surface area (Å²) in [6.07, 6.45) is -0.446. The van der Waals surface area contributed by atoms with E-state index in [1.807, 2.05) is 0 Å². The number of aromatic amines is 1. The van der Waals surface area contributed by atoms with Crippen molar-refractivity contribution in [2.24, 2.45) is 0 Å². The fourth-order valence-corrected chi connectivity index (χ4v) is 2.16. The highest BCUT2D eigenvalue weighted by Crippen LogP contribution is 2.19. The Morgan fingerprint density at radius 1 is 1.48 bits per heavy atom. The van der Waals surface area contributed by atoms with Crippen molar-refractivity contribution < 1.29 is 13.9 Å². The Balaban J connectivity index is 1.79. The number of nitrogens with one attached hydrogen (secondary N) is 1. The lowest BCUT2D eigenvalue weighted by Gasteiger charge is -2.30. The molecule has 1 aliphatic heterocycles. The molecule has 2 aromatic rings. The summed E-state index contributed by atoms with van der Waals surface area (Å²) in [6, 6.07) is 2.52. The maximum Gasteiger partial charge on any atom is 0.289 e. The van der Waals surface area contributed by atoms with Crippen molar-refractivity contribution in [2.75, 3.05) is 19.7 Å². The molecular weight excluding hydrogens is 278 g/mol. The van der Waals surface area contributed by atoms with Gasteiger partial charge in [-0.25, -0.2) is 0 Å². The molecule has 0 saturated carbocycles. The van der Waals surface area contributed by atoms with Crippen molar-refractivity contribution in [1.82, 2.24) is 25.5 Å². The molecule has 0 spiro atoms.